The number of benzene rings is 2. The Balaban J connectivity index is 1.23. The largest absolute Gasteiger partial charge is 0.384 e. The number of aliphatic hydroxyl groups excluding tert-OH is 1. The van der Waals surface area contributed by atoms with Gasteiger partial charge in [-0.1, -0.05) is 19.1 Å². The molecule has 4 N–H and O–H groups in total. The number of morpholine rings is 1. The minimum atomic E-state index is -0.821. The minimum absolute atomic E-state index is 0.00126. The van der Waals surface area contributed by atoms with Crippen LogP contribution in [0.4, 0.5) is 5.82 Å². The first-order valence-electron chi connectivity index (χ1n) is 13.6. The molecule has 8 nitrogen and oxygen atoms in total. The van der Waals surface area contributed by atoms with Crippen molar-refractivity contribution in [2.24, 2.45) is 0 Å². The molecule has 2 fully saturated rings. The maximum Gasteiger partial charge on any atom is 0.254 e. The van der Waals surface area contributed by atoms with Gasteiger partial charge >= 0.3 is 0 Å². The van der Waals surface area contributed by atoms with Gasteiger partial charge in [0.25, 0.3) is 11.8 Å². The van der Waals surface area contributed by atoms with Crippen LogP contribution < -0.4 is 11.1 Å². The van der Waals surface area contributed by atoms with Crippen LogP contribution in [0, 0.1) is 13.8 Å². The molecule has 2 unspecified atom stereocenters. The molecule has 0 radical (unpaired) electrons. The number of carbonyl (C=O) groups is 2. The van der Waals surface area contributed by atoms with Gasteiger partial charge in [0.15, 0.2) is 0 Å². The first kappa shape index (κ1) is 25.5. The zero-order valence-corrected chi connectivity index (χ0v) is 22.5. The first-order valence-corrected chi connectivity index (χ1v) is 13.6. The maximum atomic E-state index is 13.4. The zero-order valence-electron chi connectivity index (χ0n) is 22.5. The van der Waals surface area contributed by atoms with E-state index in [4.69, 9.17) is 10.5 Å². The molecule has 202 valence electrons. The summed E-state index contributed by atoms with van der Waals surface area (Å²) in [5.74, 6) is 0.170. The van der Waals surface area contributed by atoms with E-state index in [2.05, 4.69) is 17.2 Å². The van der Waals surface area contributed by atoms with Crippen molar-refractivity contribution in [1.82, 2.24) is 15.2 Å². The highest BCUT2D eigenvalue weighted by molar-refractivity contribution is 5.95. The Morgan fingerprint density at radius 1 is 1.00 bits per heavy atom. The second kappa shape index (κ2) is 9.77. The van der Waals surface area contributed by atoms with Gasteiger partial charge in [0.2, 0.25) is 0 Å². The fourth-order valence-corrected chi connectivity index (χ4v) is 6.40. The summed E-state index contributed by atoms with van der Waals surface area (Å²) in [4.78, 5) is 32.7. The van der Waals surface area contributed by atoms with Gasteiger partial charge in [-0.3, -0.25) is 9.59 Å². The van der Waals surface area contributed by atoms with Crippen molar-refractivity contribution >= 4 is 17.6 Å². The Bertz CT molecular complexity index is 1450. The van der Waals surface area contributed by atoms with E-state index < -0.39 is 6.10 Å². The van der Waals surface area contributed by atoms with Gasteiger partial charge in [-0.2, -0.15) is 0 Å². The van der Waals surface area contributed by atoms with Crippen LogP contribution >= 0.6 is 0 Å². The number of hydrogen-bond acceptors (Lipinski definition) is 6. The van der Waals surface area contributed by atoms with E-state index in [1.165, 1.54) is 0 Å². The van der Waals surface area contributed by atoms with Crippen LogP contribution in [0.3, 0.4) is 0 Å². The molecule has 0 spiro atoms. The minimum Gasteiger partial charge on any atom is -0.384 e. The van der Waals surface area contributed by atoms with Crippen LogP contribution in [-0.2, 0) is 11.3 Å². The van der Waals surface area contributed by atoms with Crippen molar-refractivity contribution in [2.75, 3.05) is 18.8 Å². The van der Waals surface area contributed by atoms with Gasteiger partial charge in [-0.25, -0.2) is 4.98 Å². The van der Waals surface area contributed by atoms with Crippen molar-refractivity contribution in [2.45, 2.75) is 64.4 Å². The number of amides is 2. The van der Waals surface area contributed by atoms with E-state index in [0.29, 0.717) is 36.6 Å². The summed E-state index contributed by atoms with van der Waals surface area (Å²) in [6.45, 7) is 7.48. The molecular weight excluding hydrogens is 492 g/mol. The average Bonchev–Trinajstić information content (AvgIpc) is 3.26. The molecule has 1 aliphatic carbocycles. The number of likely N-dealkylation sites (tertiary alicyclic amines) is 1. The molecule has 2 aromatic carbocycles. The highest BCUT2D eigenvalue weighted by Gasteiger charge is 2.37. The number of nitrogens with zero attached hydrogens (tertiary/aromatic N) is 2. The van der Waals surface area contributed by atoms with Gasteiger partial charge in [0, 0.05) is 42.4 Å². The van der Waals surface area contributed by atoms with Gasteiger partial charge in [0.1, 0.15) is 11.9 Å². The number of nitrogens with one attached hydrogen (secondary N) is 1. The van der Waals surface area contributed by atoms with Crippen molar-refractivity contribution in [1.29, 1.82) is 0 Å². The lowest BCUT2D eigenvalue weighted by Crippen LogP contribution is -2.45. The Morgan fingerprint density at radius 3 is 2.26 bits per heavy atom. The van der Waals surface area contributed by atoms with E-state index in [1.54, 1.807) is 12.1 Å². The normalized spacial score (nSPS) is 23.2. The molecule has 3 heterocycles. The molecule has 39 heavy (non-hydrogen) atoms. The number of ether oxygens (including phenoxy) is 1. The summed E-state index contributed by atoms with van der Waals surface area (Å²) < 4.78 is 5.90. The number of aryl methyl sites for hydroxylation is 2. The number of pyridine rings is 1. The van der Waals surface area contributed by atoms with Gasteiger partial charge in [-0.05, 0) is 90.4 Å². The molecule has 8 heteroatoms. The van der Waals surface area contributed by atoms with Gasteiger partial charge in [0.05, 0.1) is 12.2 Å². The summed E-state index contributed by atoms with van der Waals surface area (Å²) in [6, 6.07) is 12.8. The molecule has 2 aliphatic heterocycles. The lowest BCUT2D eigenvalue weighted by molar-refractivity contribution is -0.0303. The number of fused-ring (bicyclic) bond motifs is 4. The molecule has 2 saturated heterocycles. The fraction of sp³-hybridized carbons (Fsp3) is 0.387. The molecule has 6 rings (SSSR count). The number of anilines is 1. The summed E-state index contributed by atoms with van der Waals surface area (Å²) in [7, 11) is 0. The third-order valence-electron chi connectivity index (χ3n) is 8.54. The molecule has 3 aliphatic rings. The lowest BCUT2D eigenvalue weighted by Gasteiger charge is -2.33. The summed E-state index contributed by atoms with van der Waals surface area (Å²) in [5, 5.41) is 14.2. The third kappa shape index (κ3) is 4.57. The van der Waals surface area contributed by atoms with Crippen LogP contribution in [0.1, 0.15) is 91.6 Å². The SMILES string of the molecule is Cc1cc(N)nc(C)c1CNC(=O)c1ccc2c(c1)[C@H](C)c1cc(C(=O)N3CC4CCC(C3)O4)ccc1[C@@H]2O. The van der Waals surface area contributed by atoms with Crippen molar-refractivity contribution < 1.29 is 19.4 Å². The Hall–Kier alpha value is -3.75. The van der Waals surface area contributed by atoms with Crippen LogP contribution in [0.15, 0.2) is 42.5 Å². The lowest BCUT2D eigenvalue weighted by atomic mass is 9.76. The summed E-state index contributed by atoms with van der Waals surface area (Å²) in [6.07, 6.45) is 1.45. The van der Waals surface area contributed by atoms with Crippen molar-refractivity contribution in [3.05, 3.63) is 92.7 Å². The monoisotopic (exact) mass is 526 g/mol. The number of aliphatic hydroxyl groups is 1. The average molecular weight is 527 g/mol. The van der Waals surface area contributed by atoms with E-state index in [0.717, 1.165) is 51.9 Å². The Kier molecular flexibility index (Phi) is 6.40. The second-order valence-corrected chi connectivity index (χ2v) is 11.1. The second-order valence-electron chi connectivity index (χ2n) is 11.1. The van der Waals surface area contributed by atoms with E-state index in [-0.39, 0.29) is 29.9 Å². The molecule has 4 atom stereocenters. The highest BCUT2D eigenvalue weighted by Crippen LogP contribution is 2.43. The predicted octanol–water partition coefficient (Wildman–Crippen LogP) is 3.76. The molecule has 2 bridgehead atoms. The third-order valence-corrected chi connectivity index (χ3v) is 8.54. The molecule has 0 saturated carbocycles. The smallest absolute Gasteiger partial charge is 0.254 e. The fourth-order valence-electron chi connectivity index (χ4n) is 6.40. The quantitative estimate of drug-likeness (QED) is 0.477. The van der Waals surface area contributed by atoms with Gasteiger partial charge in [-0.15, -0.1) is 0 Å². The van der Waals surface area contributed by atoms with E-state index >= 15 is 0 Å². The Labute approximate surface area is 228 Å². The zero-order chi connectivity index (χ0) is 27.4. The van der Waals surface area contributed by atoms with Gasteiger partial charge < -0.3 is 25.8 Å². The number of carbonyl (C=O) groups excluding carboxylic acids is 2. The van der Waals surface area contributed by atoms with Crippen LogP contribution in [-0.4, -0.2) is 52.1 Å². The number of nitrogens with two attached hydrogens (primary N) is 1. The topological polar surface area (TPSA) is 118 Å². The molecular formula is C31H34N4O4. The van der Waals surface area contributed by atoms with Crippen molar-refractivity contribution in [3.63, 3.8) is 0 Å². The molecule has 3 aromatic rings. The number of aromatic nitrogens is 1. The number of rotatable bonds is 4. The van der Waals surface area contributed by atoms with Crippen molar-refractivity contribution in [3.8, 4) is 0 Å². The van der Waals surface area contributed by atoms with E-state index in [9.17, 15) is 14.7 Å². The first-order chi connectivity index (χ1) is 18.7. The molecule has 1 aromatic heterocycles. The summed E-state index contributed by atoms with van der Waals surface area (Å²) >= 11 is 0. The van der Waals surface area contributed by atoms with Crippen LogP contribution in [0.2, 0.25) is 0 Å². The number of hydrogen-bond donors (Lipinski definition) is 3. The molecule has 2 amide bonds. The Morgan fingerprint density at radius 2 is 1.62 bits per heavy atom. The predicted molar refractivity (Wildman–Crippen MR) is 148 cm³/mol. The number of nitrogen functional groups attached to an aromatic ring is 1. The standard InChI is InChI=1S/C31H34N4O4/c1-16-10-28(32)34-18(3)27(16)13-33-30(37)19-4-8-23-25(11-19)17(2)26-12-20(5-9-24(26)29(23)36)31(38)35-14-21-6-7-22(15-35)39-21/h4-5,8-12,17,21-22,29,36H,6-7,13-15H2,1-3H3,(H2,32,34)(H,33,37)/t17-,21?,22?,29+/m0/s1. The maximum absolute atomic E-state index is 13.4. The van der Waals surface area contributed by atoms with E-state index in [1.807, 2.05) is 49.1 Å². The van der Waals surface area contributed by atoms with Crippen LogP contribution in [0.5, 0.6) is 0 Å². The van der Waals surface area contributed by atoms with Crippen LogP contribution in [0.25, 0.3) is 0 Å². The highest BCUT2D eigenvalue weighted by atomic mass is 16.5. The summed E-state index contributed by atoms with van der Waals surface area (Å²) in [5.41, 5.74) is 13.1.